The average Bonchev–Trinajstić information content (AvgIpc) is 2.75. The molecule has 12 heteroatoms. The molecule has 0 spiro atoms. The Bertz CT molecular complexity index is 1170. The third-order valence-electron chi connectivity index (χ3n) is 5.06. The van der Waals surface area contributed by atoms with Crippen molar-refractivity contribution in [3.63, 3.8) is 0 Å². The zero-order valence-electron chi connectivity index (χ0n) is 19.6. The summed E-state index contributed by atoms with van der Waals surface area (Å²) in [5.41, 5.74) is -1.86. The van der Waals surface area contributed by atoms with Crippen molar-refractivity contribution in [1.29, 1.82) is 0 Å². The van der Waals surface area contributed by atoms with Crippen LogP contribution in [0.15, 0.2) is 23.0 Å². The Morgan fingerprint density at radius 2 is 1.94 bits per heavy atom. The van der Waals surface area contributed by atoms with Crippen LogP contribution in [0.1, 0.15) is 39.2 Å². The lowest BCUT2D eigenvalue weighted by atomic mass is 10.1. The number of hydrogen-bond donors (Lipinski definition) is 1. The van der Waals surface area contributed by atoms with Crippen LogP contribution in [-0.4, -0.2) is 56.9 Å². The van der Waals surface area contributed by atoms with Gasteiger partial charge in [0.15, 0.2) is 18.6 Å². The first-order valence-electron chi connectivity index (χ1n) is 10.6. The van der Waals surface area contributed by atoms with E-state index in [4.69, 9.17) is 9.47 Å². The maximum Gasteiger partial charge on any atom is 0.596 e. The van der Waals surface area contributed by atoms with E-state index in [1.54, 1.807) is 27.0 Å². The number of halogens is 3. The van der Waals surface area contributed by atoms with Crippen LogP contribution in [0.3, 0.4) is 0 Å². The molecule has 1 aromatic heterocycles. The van der Waals surface area contributed by atoms with Crippen molar-refractivity contribution in [2.75, 3.05) is 19.0 Å². The summed E-state index contributed by atoms with van der Waals surface area (Å²) >= 11 is 0. The first-order chi connectivity index (χ1) is 15.8. The fourth-order valence-corrected chi connectivity index (χ4v) is 3.45. The highest BCUT2D eigenvalue weighted by molar-refractivity contribution is 5.72. The van der Waals surface area contributed by atoms with Crippen LogP contribution in [0.25, 0.3) is 11.4 Å². The minimum Gasteiger partial charge on any atom is -0.496 e. The van der Waals surface area contributed by atoms with Crippen molar-refractivity contribution in [2.45, 2.75) is 51.4 Å². The van der Waals surface area contributed by atoms with Crippen molar-refractivity contribution < 1.29 is 32.0 Å². The van der Waals surface area contributed by atoms with Gasteiger partial charge in [-0.3, -0.25) is 9.36 Å². The molecule has 0 radical (unpaired) electrons. The highest BCUT2D eigenvalue weighted by atomic mass is 19.4. The van der Waals surface area contributed by atoms with Crippen LogP contribution in [0.4, 0.5) is 23.8 Å². The molecule has 0 fully saturated rings. The Kier molecular flexibility index (Phi) is 6.99. The van der Waals surface area contributed by atoms with Gasteiger partial charge >= 0.3 is 12.3 Å². The Hall–Kier alpha value is -3.44. The van der Waals surface area contributed by atoms with Crippen LogP contribution in [0, 0.1) is 0 Å². The topological polar surface area (TPSA) is 98.4 Å². The number of nitrogens with zero attached hydrogens (tertiary/aromatic N) is 4. The number of nitrogens with one attached hydrogen (secondary N) is 1. The average molecular weight is 482 g/mol. The third kappa shape index (κ3) is 5.72. The largest absolute Gasteiger partial charge is 0.596 e. The van der Waals surface area contributed by atoms with E-state index >= 15 is 0 Å². The number of benzene rings is 1. The second kappa shape index (κ2) is 9.43. The minimum absolute atomic E-state index is 0.0455. The smallest absolute Gasteiger partial charge is 0.496 e. The second-order valence-corrected chi connectivity index (χ2v) is 8.87. The van der Waals surface area contributed by atoms with Gasteiger partial charge in [-0.05, 0) is 45.4 Å². The number of carbonyl (C=O) groups is 1. The highest BCUT2D eigenvalue weighted by Gasteiger charge is 2.33. The molecular formula is C22H27F3N5O4+. The molecular weight excluding hydrogens is 455 g/mol. The number of amides is 1. The molecule has 2 heterocycles. The molecule has 0 aliphatic carbocycles. The summed E-state index contributed by atoms with van der Waals surface area (Å²) in [5, 5.41) is 11.0. The van der Waals surface area contributed by atoms with Gasteiger partial charge < -0.3 is 14.8 Å². The Labute approximate surface area is 194 Å². The lowest BCUT2D eigenvalue weighted by molar-refractivity contribution is -0.452. The number of rotatable bonds is 4. The van der Waals surface area contributed by atoms with E-state index in [0.29, 0.717) is 19.4 Å². The predicted molar refractivity (Wildman–Crippen MR) is 118 cm³/mol. The normalized spacial score (nSPS) is 16.6. The monoisotopic (exact) mass is 482 g/mol. The van der Waals surface area contributed by atoms with E-state index in [1.807, 2.05) is 0 Å². The highest BCUT2D eigenvalue weighted by Crippen LogP contribution is 2.36. The summed E-state index contributed by atoms with van der Waals surface area (Å²) in [4.78, 5) is 25.3. The SMILES string of the molecule is COc1cc(C(F)(F)F)ccc1-c1nnc(NC2C=[N+](C(=O)OC(C)(C)C)CCC2)c(=O)n1C. The van der Waals surface area contributed by atoms with E-state index in [1.165, 1.54) is 29.4 Å². The fraction of sp³-hybridized carbons (Fsp3) is 0.500. The molecule has 1 unspecified atom stereocenters. The van der Waals surface area contributed by atoms with E-state index in [9.17, 15) is 22.8 Å². The van der Waals surface area contributed by atoms with E-state index < -0.39 is 29.0 Å². The standard InChI is InChI=1S/C22H27F3N5O4/c1-21(2,3)34-20(32)30-10-6-7-14(12-30)26-17-19(31)29(4)18(28-27-17)15-9-8-13(22(23,24)25)11-16(15)33-5/h8-9,11-12,14H,6-7,10H2,1-5H3,(H,26,27)/q+1. The number of ether oxygens (including phenoxy) is 2. The molecule has 0 saturated carbocycles. The van der Waals surface area contributed by atoms with Gasteiger partial charge in [-0.1, -0.05) is 0 Å². The second-order valence-electron chi connectivity index (χ2n) is 8.87. The number of methoxy groups -OCH3 is 1. The summed E-state index contributed by atoms with van der Waals surface area (Å²) < 4.78 is 52.2. The lowest BCUT2D eigenvalue weighted by Gasteiger charge is -2.20. The lowest BCUT2D eigenvalue weighted by Crippen LogP contribution is -2.40. The van der Waals surface area contributed by atoms with Crippen LogP contribution in [0.5, 0.6) is 5.75 Å². The first-order valence-corrected chi connectivity index (χ1v) is 10.6. The molecule has 2 aromatic rings. The Morgan fingerprint density at radius 1 is 1.24 bits per heavy atom. The number of alkyl halides is 3. The summed E-state index contributed by atoms with van der Waals surface area (Å²) in [5.74, 6) is -0.0954. The summed E-state index contributed by atoms with van der Waals surface area (Å²) in [6, 6.07) is 2.55. The van der Waals surface area contributed by atoms with Crippen LogP contribution >= 0.6 is 0 Å². The molecule has 1 aliphatic heterocycles. The summed E-state index contributed by atoms with van der Waals surface area (Å²) in [7, 11) is 2.67. The van der Waals surface area contributed by atoms with E-state index in [2.05, 4.69) is 15.5 Å². The molecule has 1 atom stereocenters. The van der Waals surface area contributed by atoms with Gasteiger partial charge in [0.05, 0.1) is 18.2 Å². The van der Waals surface area contributed by atoms with Gasteiger partial charge in [0.1, 0.15) is 17.4 Å². The van der Waals surface area contributed by atoms with Crippen molar-refractivity contribution in [1.82, 2.24) is 14.8 Å². The predicted octanol–water partition coefficient (Wildman–Crippen LogP) is 3.46. The molecule has 184 valence electrons. The van der Waals surface area contributed by atoms with E-state index in [-0.39, 0.29) is 29.0 Å². The number of anilines is 1. The van der Waals surface area contributed by atoms with Gasteiger partial charge in [0.25, 0.3) is 5.56 Å². The van der Waals surface area contributed by atoms with Crippen molar-refractivity contribution >= 4 is 18.1 Å². The number of hydrogen-bond acceptors (Lipinski definition) is 7. The number of carbonyl (C=O) groups excluding carboxylic acids is 1. The molecule has 9 nitrogen and oxygen atoms in total. The van der Waals surface area contributed by atoms with Gasteiger partial charge in [0.2, 0.25) is 5.82 Å². The molecule has 34 heavy (non-hydrogen) atoms. The van der Waals surface area contributed by atoms with Gasteiger partial charge in [-0.2, -0.15) is 18.0 Å². The summed E-state index contributed by atoms with van der Waals surface area (Å²) in [6.07, 6.45) is -2.05. The molecule has 1 aromatic carbocycles. The molecule has 0 bridgehead atoms. The van der Waals surface area contributed by atoms with Gasteiger partial charge in [0, 0.05) is 13.5 Å². The molecule has 0 saturated heterocycles. The molecule has 1 aliphatic rings. The number of aromatic nitrogens is 3. The molecule has 1 amide bonds. The maximum atomic E-state index is 13.0. The van der Waals surface area contributed by atoms with Crippen LogP contribution in [0.2, 0.25) is 0 Å². The first kappa shape index (κ1) is 25.2. The van der Waals surface area contributed by atoms with Gasteiger partial charge in [-0.15, -0.1) is 14.8 Å². The van der Waals surface area contributed by atoms with E-state index in [0.717, 1.165) is 12.1 Å². The zero-order valence-corrected chi connectivity index (χ0v) is 19.6. The van der Waals surface area contributed by atoms with Gasteiger partial charge in [-0.25, -0.2) is 0 Å². The zero-order chi connectivity index (χ0) is 25.3. The fourth-order valence-electron chi connectivity index (χ4n) is 3.45. The molecule has 3 rings (SSSR count). The minimum atomic E-state index is -4.54. The quantitative estimate of drug-likeness (QED) is 0.667. The van der Waals surface area contributed by atoms with Crippen molar-refractivity contribution in [3.05, 3.63) is 34.1 Å². The Balaban J connectivity index is 1.88. The summed E-state index contributed by atoms with van der Waals surface area (Å²) in [6.45, 7) is 5.81. The Morgan fingerprint density at radius 3 is 2.56 bits per heavy atom. The van der Waals surface area contributed by atoms with Crippen LogP contribution in [-0.2, 0) is 18.0 Å². The van der Waals surface area contributed by atoms with Crippen molar-refractivity contribution in [2.24, 2.45) is 7.05 Å². The third-order valence-corrected chi connectivity index (χ3v) is 5.06. The molecule has 1 N–H and O–H groups in total. The van der Waals surface area contributed by atoms with Crippen LogP contribution < -0.4 is 15.6 Å². The van der Waals surface area contributed by atoms with Crippen molar-refractivity contribution in [3.8, 4) is 17.1 Å². The maximum absolute atomic E-state index is 13.0.